The molecule has 1 aromatic rings. The predicted octanol–water partition coefficient (Wildman–Crippen LogP) is 2.75. The second-order valence-corrected chi connectivity index (χ2v) is 6.84. The van der Waals surface area contributed by atoms with E-state index in [1.54, 1.807) is 18.4 Å². The van der Waals surface area contributed by atoms with Crippen LogP contribution < -0.4 is 10.2 Å². The third-order valence-corrected chi connectivity index (χ3v) is 5.10. The van der Waals surface area contributed by atoms with Crippen LogP contribution in [-0.4, -0.2) is 37.8 Å². The van der Waals surface area contributed by atoms with E-state index in [-0.39, 0.29) is 0 Å². The molecule has 0 radical (unpaired) electrons. The maximum Gasteiger partial charge on any atom is 0.185 e. The van der Waals surface area contributed by atoms with Crippen molar-refractivity contribution in [3.8, 4) is 0 Å². The lowest BCUT2D eigenvalue weighted by molar-refractivity contribution is 0.199. The quantitative estimate of drug-likeness (QED) is 0.819. The van der Waals surface area contributed by atoms with Crippen LogP contribution in [0.2, 0.25) is 0 Å². The Kier molecular flexibility index (Phi) is 5.81. The number of aromatic nitrogens is 1. The van der Waals surface area contributed by atoms with Crippen molar-refractivity contribution < 1.29 is 4.74 Å². The van der Waals surface area contributed by atoms with E-state index in [9.17, 15) is 0 Å². The van der Waals surface area contributed by atoms with E-state index in [0.717, 1.165) is 43.8 Å². The van der Waals surface area contributed by atoms with Gasteiger partial charge in [0.1, 0.15) is 0 Å². The molecule has 4 nitrogen and oxygen atoms in total. The van der Waals surface area contributed by atoms with Gasteiger partial charge in [0.2, 0.25) is 0 Å². The summed E-state index contributed by atoms with van der Waals surface area (Å²) in [6, 6.07) is 0.589. The molecule has 1 N–H and O–H groups in total. The number of piperidine rings is 1. The zero-order valence-electron chi connectivity index (χ0n) is 13.1. The number of nitrogens with one attached hydrogen (secondary N) is 1. The Balaban J connectivity index is 1.93. The molecule has 1 saturated heterocycles. The molecule has 0 amide bonds. The van der Waals surface area contributed by atoms with E-state index in [1.165, 1.54) is 11.6 Å². The molecule has 3 unspecified atom stereocenters. The molecule has 114 valence electrons. The largest absolute Gasteiger partial charge is 0.383 e. The number of methoxy groups -OCH3 is 1. The molecular weight excluding hydrogens is 270 g/mol. The van der Waals surface area contributed by atoms with Crippen molar-refractivity contribution in [3.05, 3.63) is 11.1 Å². The summed E-state index contributed by atoms with van der Waals surface area (Å²) in [5.74, 6) is 1.50. The minimum Gasteiger partial charge on any atom is -0.383 e. The van der Waals surface area contributed by atoms with E-state index >= 15 is 0 Å². The number of ether oxygens (including phenoxy) is 1. The predicted molar refractivity (Wildman–Crippen MR) is 85.4 cm³/mol. The zero-order valence-corrected chi connectivity index (χ0v) is 13.9. The first-order chi connectivity index (χ1) is 9.61. The molecule has 5 heteroatoms. The summed E-state index contributed by atoms with van der Waals surface area (Å²) in [6.07, 6.45) is 1.33. The van der Waals surface area contributed by atoms with Gasteiger partial charge in [-0.25, -0.2) is 4.98 Å². The average Bonchev–Trinajstić information content (AvgIpc) is 2.87. The van der Waals surface area contributed by atoms with Crippen LogP contribution in [0.3, 0.4) is 0 Å². The highest BCUT2D eigenvalue weighted by molar-refractivity contribution is 7.13. The van der Waals surface area contributed by atoms with Gasteiger partial charge in [0, 0.05) is 38.2 Å². The SMILES string of the molecule is COCCNCc1csc(N2CC(C)CC(C)C2C)n1. The fourth-order valence-corrected chi connectivity index (χ4v) is 3.79. The van der Waals surface area contributed by atoms with Crippen LogP contribution in [0, 0.1) is 11.8 Å². The molecule has 2 heterocycles. The first-order valence-electron chi connectivity index (χ1n) is 7.52. The summed E-state index contributed by atoms with van der Waals surface area (Å²) in [5, 5.41) is 6.70. The molecule has 0 aromatic carbocycles. The number of hydrogen-bond donors (Lipinski definition) is 1. The van der Waals surface area contributed by atoms with Crippen molar-refractivity contribution in [2.24, 2.45) is 11.8 Å². The van der Waals surface area contributed by atoms with Gasteiger partial charge >= 0.3 is 0 Å². The average molecular weight is 297 g/mol. The van der Waals surface area contributed by atoms with Gasteiger partial charge in [-0.15, -0.1) is 11.3 Å². The Labute approximate surface area is 126 Å². The van der Waals surface area contributed by atoms with E-state index in [2.05, 4.69) is 36.4 Å². The lowest BCUT2D eigenvalue weighted by Crippen LogP contribution is -2.45. The monoisotopic (exact) mass is 297 g/mol. The van der Waals surface area contributed by atoms with Gasteiger partial charge in [0.15, 0.2) is 5.13 Å². The molecular formula is C15H27N3OS. The van der Waals surface area contributed by atoms with Crippen LogP contribution in [0.4, 0.5) is 5.13 Å². The highest BCUT2D eigenvalue weighted by atomic mass is 32.1. The zero-order chi connectivity index (χ0) is 14.5. The topological polar surface area (TPSA) is 37.4 Å². The van der Waals surface area contributed by atoms with Crippen molar-refractivity contribution in [1.82, 2.24) is 10.3 Å². The molecule has 1 aromatic heterocycles. The minimum atomic E-state index is 0.589. The molecule has 0 spiro atoms. The number of rotatable bonds is 6. The Morgan fingerprint density at radius 1 is 1.45 bits per heavy atom. The van der Waals surface area contributed by atoms with Crippen LogP contribution in [-0.2, 0) is 11.3 Å². The summed E-state index contributed by atoms with van der Waals surface area (Å²) in [7, 11) is 1.72. The van der Waals surface area contributed by atoms with E-state index in [4.69, 9.17) is 9.72 Å². The number of anilines is 1. The van der Waals surface area contributed by atoms with Crippen molar-refractivity contribution in [1.29, 1.82) is 0 Å². The molecule has 1 aliphatic rings. The summed E-state index contributed by atoms with van der Waals surface area (Å²) >= 11 is 1.77. The molecule has 0 saturated carbocycles. The second-order valence-electron chi connectivity index (χ2n) is 6.00. The van der Waals surface area contributed by atoms with Crippen molar-refractivity contribution in [2.75, 3.05) is 31.7 Å². The van der Waals surface area contributed by atoms with Gasteiger partial charge in [-0.05, 0) is 25.2 Å². The molecule has 3 atom stereocenters. The Bertz CT molecular complexity index is 410. The Hall–Kier alpha value is -0.650. The van der Waals surface area contributed by atoms with Gasteiger partial charge in [0.05, 0.1) is 12.3 Å². The van der Waals surface area contributed by atoms with Crippen LogP contribution in [0.1, 0.15) is 32.9 Å². The van der Waals surface area contributed by atoms with Gasteiger partial charge in [-0.2, -0.15) is 0 Å². The van der Waals surface area contributed by atoms with Crippen LogP contribution in [0.15, 0.2) is 5.38 Å². The maximum atomic E-state index is 5.03. The molecule has 0 aliphatic carbocycles. The lowest BCUT2D eigenvalue weighted by atomic mass is 9.86. The van der Waals surface area contributed by atoms with Crippen LogP contribution in [0.25, 0.3) is 0 Å². The molecule has 1 fully saturated rings. The molecule has 20 heavy (non-hydrogen) atoms. The highest BCUT2D eigenvalue weighted by Crippen LogP contribution is 2.32. The van der Waals surface area contributed by atoms with Gasteiger partial charge < -0.3 is 15.0 Å². The van der Waals surface area contributed by atoms with Crippen LogP contribution in [0.5, 0.6) is 0 Å². The fourth-order valence-electron chi connectivity index (χ4n) is 2.87. The van der Waals surface area contributed by atoms with Gasteiger partial charge in [-0.1, -0.05) is 13.8 Å². The van der Waals surface area contributed by atoms with E-state index in [0.29, 0.717) is 6.04 Å². The third-order valence-electron chi connectivity index (χ3n) is 4.17. The smallest absolute Gasteiger partial charge is 0.185 e. The van der Waals surface area contributed by atoms with Gasteiger partial charge in [0.25, 0.3) is 0 Å². The van der Waals surface area contributed by atoms with Crippen molar-refractivity contribution >= 4 is 16.5 Å². The third kappa shape index (κ3) is 3.93. The van der Waals surface area contributed by atoms with E-state index < -0.39 is 0 Å². The summed E-state index contributed by atoms with van der Waals surface area (Å²) in [4.78, 5) is 7.28. The summed E-state index contributed by atoms with van der Waals surface area (Å²) < 4.78 is 5.03. The second kappa shape index (κ2) is 7.38. The Morgan fingerprint density at radius 2 is 2.25 bits per heavy atom. The number of hydrogen-bond acceptors (Lipinski definition) is 5. The van der Waals surface area contributed by atoms with Crippen molar-refractivity contribution in [3.63, 3.8) is 0 Å². The first-order valence-corrected chi connectivity index (χ1v) is 8.40. The molecule has 2 rings (SSSR count). The standard InChI is InChI=1S/C15H27N3OS/c1-11-7-12(2)13(3)18(9-11)15-17-14(10-20-15)8-16-5-6-19-4/h10-13,16H,5-9H2,1-4H3. The van der Waals surface area contributed by atoms with Crippen LogP contribution >= 0.6 is 11.3 Å². The number of thiazole rings is 1. The Morgan fingerprint density at radius 3 is 3.00 bits per heavy atom. The number of nitrogens with zero attached hydrogens (tertiary/aromatic N) is 2. The summed E-state index contributed by atoms with van der Waals surface area (Å²) in [5.41, 5.74) is 1.14. The molecule has 0 bridgehead atoms. The first kappa shape index (κ1) is 15.7. The lowest BCUT2D eigenvalue weighted by Gasteiger charge is -2.41. The minimum absolute atomic E-state index is 0.589. The highest BCUT2D eigenvalue weighted by Gasteiger charge is 2.30. The van der Waals surface area contributed by atoms with Crippen molar-refractivity contribution in [2.45, 2.75) is 39.8 Å². The fraction of sp³-hybridized carbons (Fsp3) is 0.800. The maximum absolute atomic E-state index is 5.03. The van der Waals surface area contributed by atoms with Gasteiger partial charge in [-0.3, -0.25) is 0 Å². The molecule has 1 aliphatic heterocycles. The summed E-state index contributed by atoms with van der Waals surface area (Å²) in [6.45, 7) is 10.6. The normalized spacial score (nSPS) is 27.0. The van der Waals surface area contributed by atoms with E-state index in [1.807, 2.05) is 0 Å².